The number of carbonyl (C=O) groups is 1. The molecule has 0 aliphatic carbocycles. The zero-order chi connectivity index (χ0) is 16.2. The number of hydrogen-bond acceptors (Lipinski definition) is 5. The van der Waals surface area contributed by atoms with Crippen LogP contribution in [0.1, 0.15) is 18.4 Å². The second-order valence-electron chi connectivity index (χ2n) is 5.00. The molecule has 2 atom stereocenters. The predicted octanol–water partition coefficient (Wildman–Crippen LogP) is 2.01. The number of rotatable bonds is 6. The van der Waals surface area contributed by atoms with E-state index in [1.807, 2.05) is 30.3 Å². The van der Waals surface area contributed by atoms with E-state index in [-0.39, 0.29) is 18.2 Å². The molecule has 1 aliphatic rings. The maximum Gasteiger partial charge on any atom is 0.407 e. The highest BCUT2D eigenvalue weighted by molar-refractivity contribution is 7.79. The Labute approximate surface area is 138 Å². The Morgan fingerprint density at radius 2 is 2.18 bits per heavy atom. The molecule has 1 amide bonds. The maximum absolute atomic E-state index is 11.8. The number of nitrogens with one attached hydrogen (secondary N) is 1. The fraction of sp³-hybridized carbons (Fsp3) is 0.562. The van der Waals surface area contributed by atoms with Crippen LogP contribution < -0.4 is 11.1 Å². The normalized spacial score (nSPS) is 18.0. The summed E-state index contributed by atoms with van der Waals surface area (Å²) in [7, 11) is 0. The molecule has 124 valence electrons. The van der Waals surface area contributed by atoms with Crippen molar-refractivity contribution in [2.75, 3.05) is 26.0 Å². The number of nitrogens with two attached hydrogens (primary N) is 1. The van der Waals surface area contributed by atoms with Crippen LogP contribution in [0.4, 0.5) is 4.79 Å². The Kier molecular flexibility index (Phi) is 9.70. The first-order valence-electron chi connectivity index (χ1n) is 7.51. The summed E-state index contributed by atoms with van der Waals surface area (Å²) in [6, 6.07) is 10.0. The predicted molar refractivity (Wildman–Crippen MR) is 91.4 cm³/mol. The highest BCUT2D eigenvalue weighted by Gasteiger charge is 2.21. The lowest BCUT2D eigenvalue weighted by Gasteiger charge is -2.19. The fourth-order valence-corrected chi connectivity index (χ4v) is 2.28. The molecule has 0 bridgehead atoms. The van der Waals surface area contributed by atoms with Crippen LogP contribution in [0, 0.1) is 0 Å². The Morgan fingerprint density at radius 3 is 2.77 bits per heavy atom. The van der Waals surface area contributed by atoms with Gasteiger partial charge < -0.3 is 20.5 Å². The van der Waals surface area contributed by atoms with Crippen LogP contribution in [0.3, 0.4) is 0 Å². The van der Waals surface area contributed by atoms with Crippen molar-refractivity contribution in [3.63, 3.8) is 0 Å². The van der Waals surface area contributed by atoms with Crippen molar-refractivity contribution in [2.24, 2.45) is 5.73 Å². The number of amides is 1. The van der Waals surface area contributed by atoms with Crippen LogP contribution in [0.15, 0.2) is 30.3 Å². The molecule has 2 unspecified atom stereocenters. The second-order valence-corrected chi connectivity index (χ2v) is 5.00. The molecule has 22 heavy (non-hydrogen) atoms. The van der Waals surface area contributed by atoms with E-state index in [2.05, 4.69) is 17.9 Å². The molecule has 1 aromatic carbocycles. The second kappa shape index (κ2) is 11.3. The number of benzene rings is 1. The van der Waals surface area contributed by atoms with E-state index in [1.165, 1.54) is 5.56 Å². The average molecular weight is 326 g/mol. The summed E-state index contributed by atoms with van der Waals surface area (Å²) in [6.45, 7) is 1.69. The summed E-state index contributed by atoms with van der Waals surface area (Å²) in [4.78, 5) is 11.8. The van der Waals surface area contributed by atoms with Gasteiger partial charge in [-0.3, -0.25) is 0 Å². The average Bonchev–Trinajstić information content (AvgIpc) is 3.03. The molecule has 6 heteroatoms. The molecule has 0 radical (unpaired) electrons. The largest absolute Gasteiger partial charge is 0.444 e. The Hall–Kier alpha value is -1.24. The third-order valence-electron chi connectivity index (χ3n) is 3.32. The highest BCUT2D eigenvalue weighted by atomic mass is 32.1. The molecular formula is C16H26N2O3S. The standard InChI is InChI=1S/C15H22N2O3.CH4S/c16-8-6-13(10-12-4-2-1-3-5-12)17-15(18)20-14-7-9-19-11-14;1-2/h1-5,13-14H,6-11,16H2,(H,17,18);2H,1H3. The first kappa shape index (κ1) is 18.8. The summed E-state index contributed by atoms with van der Waals surface area (Å²) in [5.41, 5.74) is 6.79. The van der Waals surface area contributed by atoms with E-state index in [1.54, 1.807) is 6.26 Å². The van der Waals surface area contributed by atoms with Crippen molar-refractivity contribution in [3.8, 4) is 0 Å². The minimum Gasteiger partial charge on any atom is -0.444 e. The highest BCUT2D eigenvalue weighted by Crippen LogP contribution is 2.10. The molecule has 0 aromatic heterocycles. The van der Waals surface area contributed by atoms with Gasteiger partial charge in [0.25, 0.3) is 0 Å². The van der Waals surface area contributed by atoms with Crippen molar-refractivity contribution < 1.29 is 14.3 Å². The van der Waals surface area contributed by atoms with Crippen LogP contribution in [0.5, 0.6) is 0 Å². The monoisotopic (exact) mass is 326 g/mol. The zero-order valence-electron chi connectivity index (χ0n) is 13.0. The Morgan fingerprint density at radius 1 is 1.45 bits per heavy atom. The van der Waals surface area contributed by atoms with Crippen LogP contribution in [-0.2, 0) is 15.9 Å². The molecule has 5 nitrogen and oxygen atoms in total. The fourth-order valence-electron chi connectivity index (χ4n) is 2.28. The van der Waals surface area contributed by atoms with Gasteiger partial charge in [-0.25, -0.2) is 4.79 Å². The van der Waals surface area contributed by atoms with E-state index < -0.39 is 0 Å². The summed E-state index contributed by atoms with van der Waals surface area (Å²) in [5, 5.41) is 2.90. The third-order valence-corrected chi connectivity index (χ3v) is 3.32. The molecule has 3 N–H and O–H groups in total. The lowest BCUT2D eigenvalue weighted by atomic mass is 10.0. The minimum atomic E-state index is -0.380. The van der Waals surface area contributed by atoms with Gasteiger partial charge in [0.2, 0.25) is 0 Å². The van der Waals surface area contributed by atoms with Crippen molar-refractivity contribution in [2.45, 2.75) is 31.4 Å². The molecule has 1 heterocycles. The third kappa shape index (κ3) is 7.15. The van der Waals surface area contributed by atoms with Gasteiger partial charge in [0.05, 0.1) is 13.2 Å². The summed E-state index contributed by atoms with van der Waals surface area (Å²) >= 11 is 3.53. The van der Waals surface area contributed by atoms with E-state index in [9.17, 15) is 4.79 Å². The first-order valence-corrected chi connectivity index (χ1v) is 8.41. The van der Waals surface area contributed by atoms with Crippen molar-refractivity contribution in [3.05, 3.63) is 35.9 Å². The molecule has 0 saturated carbocycles. The molecule has 1 aliphatic heterocycles. The van der Waals surface area contributed by atoms with Crippen LogP contribution in [0.25, 0.3) is 0 Å². The number of thiol groups is 1. The first-order chi connectivity index (χ1) is 10.8. The van der Waals surface area contributed by atoms with E-state index in [0.29, 0.717) is 19.8 Å². The SMILES string of the molecule is CS.NCCC(Cc1ccccc1)NC(=O)OC1CCOC1. The van der Waals surface area contributed by atoms with Gasteiger partial charge in [-0.1, -0.05) is 30.3 Å². The Balaban J connectivity index is 0.00000116. The zero-order valence-corrected chi connectivity index (χ0v) is 13.9. The summed E-state index contributed by atoms with van der Waals surface area (Å²) in [6.07, 6.45) is 3.45. The van der Waals surface area contributed by atoms with Gasteiger partial charge in [0, 0.05) is 12.5 Å². The number of alkyl carbamates (subject to hydrolysis) is 1. The van der Waals surface area contributed by atoms with Gasteiger partial charge in [0.15, 0.2) is 0 Å². The van der Waals surface area contributed by atoms with Crippen LogP contribution in [-0.4, -0.2) is 44.3 Å². The lowest BCUT2D eigenvalue weighted by molar-refractivity contribution is 0.0806. The lowest BCUT2D eigenvalue weighted by Crippen LogP contribution is -2.39. The van der Waals surface area contributed by atoms with Gasteiger partial charge in [0.1, 0.15) is 6.10 Å². The van der Waals surface area contributed by atoms with Gasteiger partial charge in [-0.05, 0) is 31.2 Å². The van der Waals surface area contributed by atoms with Gasteiger partial charge in [-0.2, -0.15) is 12.6 Å². The minimum absolute atomic E-state index is 0.00257. The number of hydrogen-bond donors (Lipinski definition) is 3. The quantitative estimate of drug-likeness (QED) is 0.699. The van der Waals surface area contributed by atoms with Crippen molar-refractivity contribution in [1.82, 2.24) is 5.32 Å². The topological polar surface area (TPSA) is 73.6 Å². The summed E-state index contributed by atoms with van der Waals surface area (Å²) < 4.78 is 10.5. The van der Waals surface area contributed by atoms with E-state index in [0.717, 1.165) is 19.3 Å². The van der Waals surface area contributed by atoms with Crippen LogP contribution in [0.2, 0.25) is 0 Å². The summed E-state index contributed by atoms with van der Waals surface area (Å²) in [5.74, 6) is 0. The van der Waals surface area contributed by atoms with Gasteiger partial charge >= 0.3 is 6.09 Å². The molecule has 1 aromatic rings. The van der Waals surface area contributed by atoms with E-state index >= 15 is 0 Å². The number of ether oxygens (including phenoxy) is 2. The van der Waals surface area contributed by atoms with E-state index in [4.69, 9.17) is 15.2 Å². The molecule has 1 fully saturated rings. The molecule has 1 saturated heterocycles. The molecular weight excluding hydrogens is 300 g/mol. The maximum atomic E-state index is 11.8. The molecule has 2 rings (SSSR count). The van der Waals surface area contributed by atoms with Crippen LogP contribution >= 0.6 is 12.6 Å². The Bertz CT molecular complexity index is 411. The van der Waals surface area contributed by atoms with Crippen molar-refractivity contribution >= 4 is 18.7 Å². The molecule has 0 spiro atoms. The smallest absolute Gasteiger partial charge is 0.407 e. The van der Waals surface area contributed by atoms with Crippen molar-refractivity contribution in [1.29, 1.82) is 0 Å². The number of carbonyl (C=O) groups excluding carboxylic acids is 1. The van der Waals surface area contributed by atoms with Gasteiger partial charge in [-0.15, -0.1) is 0 Å².